The molecule has 2 aromatic rings. The highest BCUT2D eigenvalue weighted by atomic mass is 32.1. The van der Waals surface area contributed by atoms with Gasteiger partial charge < -0.3 is 10.2 Å². The van der Waals surface area contributed by atoms with Gasteiger partial charge in [-0.25, -0.2) is 4.39 Å². The van der Waals surface area contributed by atoms with E-state index in [9.17, 15) is 14.0 Å². The van der Waals surface area contributed by atoms with Crippen LogP contribution in [0.5, 0.6) is 0 Å². The van der Waals surface area contributed by atoms with E-state index in [0.717, 1.165) is 22.7 Å². The molecule has 2 amide bonds. The van der Waals surface area contributed by atoms with Gasteiger partial charge in [0, 0.05) is 54.1 Å². The molecule has 154 valence electrons. The first-order valence-electron chi connectivity index (χ1n) is 9.87. The van der Waals surface area contributed by atoms with Crippen LogP contribution in [0, 0.1) is 5.82 Å². The molecule has 1 aliphatic rings. The highest BCUT2D eigenvalue weighted by molar-refractivity contribution is 7.16. The van der Waals surface area contributed by atoms with Crippen molar-refractivity contribution in [3.05, 3.63) is 53.2 Å². The van der Waals surface area contributed by atoms with Crippen LogP contribution < -0.4 is 5.32 Å². The molecule has 1 aliphatic heterocycles. The molecule has 0 bridgehead atoms. The smallest absolute Gasteiger partial charge is 0.246 e. The number of nitrogens with zero attached hydrogens (tertiary/aromatic N) is 2. The SMILES string of the molecule is CCNC(=O)CN1CCCN(C(=O)/C=C/c2ccc(-c3ccccc3F)s2)CC1. The molecule has 0 radical (unpaired) electrons. The predicted octanol–water partition coefficient (Wildman–Crippen LogP) is 3.24. The van der Waals surface area contributed by atoms with E-state index in [1.807, 2.05) is 30.0 Å². The molecule has 29 heavy (non-hydrogen) atoms. The summed E-state index contributed by atoms with van der Waals surface area (Å²) in [4.78, 5) is 30.0. The summed E-state index contributed by atoms with van der Waals surface area (Å²) in [5, 5.41) is 2.81. The number of hydrogen-bond donors (Lipinski definition) is 1. The van der Waals surface area contributed by atoms with Gasteiger partial charge in [-0.1, -0.05) is 18.2 Å². The lowest BCUT2D eigenvalue weighted by molar-refractivity contribution is -0.125. The Morgan fingerprint density at radius 1 is 1.14 bits per heavy atom. The van der Waals surface area contributed by atoms with Crippen molar-refractivity contribution >= 4 is 29.2 Å². The highest BCUT2D eigenvalue weighted by Crippen LogP contribution is 2.30. The number of benzene rings is 1. The maximum atomic E-state index is 13.9. The zero-order valence-electron chi connectivity index (χ0n) is 16.6. The number of carbonyl (C=O) groups is 2. The van der Waals surface area contributed by atoms with Gasteiger partial charge in [-0.3, -0.25) is 14.5 Å². The number of hydrogen-bond acceptors (Lipinski definition) is 4. The predicted molar refractivity (Wildman–Crippen MR) is 115 cm³/mol. The largest absolute Gasteiger partial charge is 0.355 e. The molecule has 0 spiro atoms. The summed E-state index contributed by atoms with van der Waals surface area (Å²) in [6.45, 7) is 5.69. The molecule has 0 unspecified atom stereocenters. The second kappa shape index (κ2) is 10.3. The van der Waals surface area contributed by atoms with Gasteiger partial charge in [-0.15, -0.1) is 11.3 Å². The highest BCUT2D eigenvalue weighted by Gasteiger charge is 2.19. The monoisotopic (exact) mass is 415 g/mol. The first-order chi connectivity index (χ1) is 14.1. The fourth-order valence-corrected chi connectivity index (χ4v) is 4.25. The molecule has 0 saturated carbocycles. The van der Waals surface area contributed by atoms with Crippen LogP contribution in [0.3, 0.4) is 0 Å². The normalized spacial score (nSPS) is 15.4. The summed E-state index contributed by atoms with van der Waals surface area (Å²) in [7, 11) is 0. The Labute approximate surface area is 174 Å². The van der Waals surface area contributed by atoms with Crippen LogP contribution >= 0.6 is 11.3 Å². The van der Waals surface area contributed by atoms with Crippen molar-refractivity contribution in [2.75, 3.05) is 39.3 Å². The number of thiophene rings is 1. The fourth-order valence-electron chi connectivity index (χ4n) is 3.31. The minimum Gasteiger partial charge on any atom is -0.355 e. The van der Waals surface area contributed by atoms with Gasteiger partial charge in [0.15, 0.2) is 0 Å². The molecule has 1 aromatic carbocycles. The Morgan fingerprint density at radius 2 is 1.97 bits per heavy atom. The third-order valence-electron chi connectivity index (χ3n) is 4.80. The zero-order valence-corrected chi connectivity index (χ0v) is 17.4. The quantitative estimate of drug-likeness (QED) is 0.737. The van der Waals surface area contributed by atoms with E-state index in [1.54, 1.807) is 24.3 Å². The molecule has 1 N–H and O–H groups in total. The van der Waals surface area contributed by atoms with Gasteiger partial charge in [-0.2, -0.15) is 0 Å². The van der Waals surface area contributed by atoms with Crippen LogP contribution in [0.2, 0.25) is 0 Å². The van der Waals surface area contributed by atoms with Gasteiger partial charge in [0.25, 0.3) is 0 Å². The molecule has 2 heterocycles. The van der Waals surface area contributed by atoms with Crippen molar-refractivity contribution in [1.29, 1.82) is 0 Å². The number of likely N-dealkylation sites (N-methyl/N-ethyl adjacent to an activating group) is 1. The van der Waals surface area contributed by atoms with Crippen LogP contribution in [0.1, 0.15) is 18.2 Å². The molecule has 0 atom stereocenters. The molecule has 3 rings (SSSR count). The minimum atomic E-state index is -0.248. The molecule has 5 nitrogen and oxygen atoms in total. The average molecular weight is 416 g/mol. The first kappa shape index (κ1) is 21.2. The van der Waals surface area contributed by atoms with Gasteiger partial charge >= 0.3 is 0 Å². The topological polar surface area (TPSA) is 52.7 Å². The standard InChI is InChI=1S/C22H26FN3O2S/c1-2-24-21(27)16-25-12-5-13-26(15-14-25)22(28)11-9-17-8-10-20(29-17)18-6-3-4-7-19(18)23/h3-4,6-11H,2,5,12-16H2,1H3,(H,24,27)/b11-9+. The van der Waals surface area contributed by atoms with Crippen LogP contribution in [0.4, 0.5) is 4.39 Å². The van der Waals surface area contributed by atoms with Gasteiger partial charge in [0.2, 0.25) is 11.8 Å². The average Bonchev–Trinajstić information content (AvgIpc) is 3.05. The van der Waals surface area contributed by atoms with Crippen LogP contribution in [0.15, 0.2) is 42.5 Å². The lowest BCUT2D eigenvalue weighted by Gasteiger charge is -2.20. The van der Waals surface area contributed by atoms with E-state index in [0.29, 0.717) is 38.3 Å². The maximum Gasteiger partial charge on any atom is 0.246 e. The van der Waals surface area contributed by atoms with Crippen molar-refractivity contribution in [1.82, 2.24) is 15.1 Å². The fraction of sp³-hybridized carbons (Fsp3) is 0.364. The second-order valence-corrected chi connectivity index (χ2v) is 8.04. The Hall–Kier alpha value is -2.51. The van der Waals surface area contributed by atoms with E-state index in [-0.39, 0.29) is 17.6 Å². The number of nitrogens with one attached hydrogen (secondary N) is 1. The third kappa shape index (κ3) is 5.98. The van der Waals surface area contributed by atoms with Gasteiger partial charge in [-0.05, 0) is 37.6 Å². The Bertz CT molecular complexity index is 880. The van der Waals surface area contributed by atoms with E-state index >= 15 is 0 Å². The molecular weight excluding hydrogens is 389 g/mol. The van der Waals surface area contributed by atoms with E-state index in [1.165, 1.54) is 17.4 Å². The lowest BCUT2D eigenvalue weighted by Crippen LogP contribution is -2.39. The maximum absolute atomic E-state index is 13.9. The van der Waals surface area contributed by atoms with Crippen molar-refractivity contribution in [3.63, 3.8) is 0 Å². The molecule has 0 aliphatic carbocycles. The van der Waals surface area contributed by atoms with E-state index < -0.39 is 0 Å². The summed E-state index contributed by atoms with van der Waals surface area (Å²) in [5.74, 6) is -0.260. The number of carbonyl (C=O) groups excluding carboxylic acids is 2. The number of rotatable bonds is 6. The Morgan fingerprint density at radius 3 is 2.76 bits per heavy atom. The van der Waals surface area contributed by atoms with Crippen LogP contribution in [-0.2, 0) is 9.59 Å². The van der Waals surface area contributed by atoms with Crippen LogP contribution in [0.25, 0.3) is 16.5 Å². The third-order valence-corrected chi connectivity index (χ3v) is 5.88. The van der Waals surface area contributed by atoms with Gasteiger partial charge in [0.1, 0.15) is 5.82 Å². The lowest BCUT2D eigenvalue weighted by atomic mass is 10.2. The second-order valence-electron chi connectivity index (χ2n) is 6.92. The van der Waals surface area contributed by atoms with E-state index in [2.05, 4.69) is 10.2 Å². The summed E-state index contributed by atoms with van der Waals surface area (Å²) >= 11 is 1.45. The van der Waals surface area contributed by atoms with Crippen molar-refractivity contribution in [2.24, 2.45) is 0 Å². The van der Waals surface area contributed by atoms with Crippen molar-refractivity contribution in [3.8, 4) is 10.4 Å². The summed E-state index contributed by atoms with van der Waals surface area (Å²) < 4.78 is 13.9. The van der Waals surface area contributed by atoms with Crippen molar-refractivity contribution in [2.45, 2.75) is 13.3 Å². The minimum absolute atomic E-state index is 0.0236. The summed E-state index contributed by atoms with van der Waals surface area (Å²) in [6.07, 6.45) is 4.21. The summed E-state index contributed by atoms with van der Waals surface area (Å²) in [6, 6.07) is 10.5. The molecule has 1 saturated heterocycles. The molecule has 1 aromatic heterocycles. The Balaban J connectivity index is 1.56. The van der Waals surface area contributed by atoms with Gasteiger partial charge in [0.05, 0.1) is 6.54 Å². The number of halogens is 1. The van der Waals surface area contributed by atoms with E-state index in [4.69, 9.17) is 0 Å². The zero-order chi connectivity index (χ0) is 20.6. The van der Waals surface area contributed by atoms with Crippen LogP contribution in [-0.4, -0.2) is 60.9 Å². The summed E-state index contributed by atoms with van der Waals surface area (Å²) in [5.41, 5.74) is 0.572. The Kier molecular flexibility index (Phi) is 7.55. The number of amides is 2. The van der Waals surface area contributed by atoms with Crippen molar-refractivity contribution < 1.29 is 14.0 Å². The molecule has 7 heteroatoms. The molecule has 1 fully saturated rings. The first-order valence-corrected chi connectivity index (χ1v) is 10.7. The molecular formula is C22H26FN3O2S.